The molecule has 4 aromatic rings. The van der Waals surface area contributed by atoms with E-state index >= 15 is 0 Å². The summed E-state index contributed by atoms with van der Waals surface area (Å²) in [5.74, 6) is 0.257. The van der Waals surface area contributed by atoms with E-state index in [4.69, 9.17) is 11.6 Å². The first-order chi connectivity index (χ1) is 18.5. The van der Waals surface area contributed by atoms with E-state index < -0.39 is 6.04 Å². The number of rotatable bonds is 4. The number of carbonyl (C=O) groups is 2. The van der Waals surface area contributed by atoms with Crippen LogP contribution in [0.2, 0.25) is 5.02 Å². The Hall–Kier alpha value is -4.57. The van der Waals surface area contributed by atoms with E-state index in [0.717, 1.165) is 16.8 Å². The second-order valence-corrected chi connectivity index (χ2v) is 9.35. The van der Waals surface area contributed by atoms with Crippen LogP contribution in [-0.4, -0.2) is 42.0 Å². The number of allylic oxidation sites excluding steroid dienone is 1. The van der Waals surface area contributed by atoms with Gasteiger partial charge in [-0.1, -0.05) is 41.4 Å². The highest BCUT2D eigenvalue weighted by molar-refractivity contribution is 6.30. The predicted molar refractivity (Wildman–Crippen MR) is 144 cm³/mol. The van der Waals surface area contributed by atoms with Crippen LogP contribution in [0.4, 0.5) is 5.69 Å². The zero-order valence-electron chi connectivity index (χ0n) is 20.6. The molecule has 0 radical (unpaired) electrons. The van der Waals surface area contributed by atoms with Crippen molar-refractivity contribution in [3.05, 3.63) is 89.1 Å². The van der Waals surface area contributed by atoms with Gasteiger partial charge in [-0.15, -0.1) is 5.10 Å². The van der Waals surface area contributed by atoms with Gasteiger partial charge in [0.05, 0.1) is 29.3 Å². The van der Waals surface area contributed by atoms with Crippen LogP contribution in [0.3, 0.4) is 0 Å². The molecule has 38 heavy (non-hydrogen) atoms. The van der Waals surface area contributed by atoms with Crippen molar-refractivity contribution >= 4 is 35.2 Å². The van der Waals surface area contributed by atoms with Crippen LogP contribution in [0.1, 0.15) is 43.6 Å². The Morgan fingerprint density at radius 2 is 2.08 bits per heavy atom. The molecule has 0 saturated heterocycles. The van der Waals surface area contributed by atoms with E-state index in [-0.39, 0.29) is 11.8 Å². The largest absolute Gasteiger partial charge is 0.342 e. The summed E-state index contributed by atoms with van der Waals surface area (Å²) >= 11 is 6.19. The number of nitrogens with one attached hydrogen (secondary N) is 3. The maximum atomic E-state index is 13.0. The van der Waals surface area contributed by atoms with E-state index in [2.05, 4.69) is 36.1 Å². The van der Waals surface area contributed by atoms with E-state index in [9.17, 15) is 9.59 Å². The van der Waals surface area contributed by atoms with E-state index in [1.165, 1.54) is 17.1 Å². The number of hydrogen-bond donors (Lipinski definition) is 3. The van der Waals surface area contributed by atoms with Crippen molar-refractivity contribution in [1.29, 1.82) is 0 Å². The van der Waals surface area contributed by atoms with Crippen LogP contribution < -0.4 is 10.6 Å². The molecule has 3 N–H and O–H groups in total. The van der Waals surface area contributed by atoms with Gasteiger partial charge in [0.15, 0.2) is 0 Å². The third-order valence-electron chi connectivity index (χ3n) is 6.18. The summed E-state index contributed by atoms with van der Waals surface area (Å²) in [4.78, 5) is 33.5. The van der Waals surface area contributed by atoms with Crippen LogP contribution in [0.15, 0.2) is 72.7 Å². The average Bonchev–Trinajstić information content (AvgIpc) is 3.62. The molecule has 2 aromatic carbocycles. The maximum absolute atomic E-state index is 13.0. The number of benzene rings is 2. The molecule has 2 bridgehead atoms. The van der Waals surface area contributed by atoms with Gasteiger partial charge < -0.3 is 15.6 Å². The number of nitrogens with zero attached hydrogens (tertiary/aromatic N) is 5. The zero-order chi connectivity index (χ0) is 26.5. The number of H-pyrrole nitrogens is 1. The van der Waals surface area contributed by atoms with Gasteiger partial charge in [-0.2, -0.15) is 4.68 Å². The predicted octanol–water partition coefficient (Wildman–Crippen LogP) is 4.65. The van der Waals surface area contributed by atoms with Gasteiger partial charge in [0.1, 0.15) is 12.2 Å². The SMILES string of the molecule is C/C1=C\C[C@H](NC(=O)/C=C/c2cc(Cl)ccc2-n2cnnn2)c2ncc([nH]2)-c2ccccc2NC(=O)CC1. The van der Waals surface area contributed by atoms with E-state index in [0.29, 0.717) is 47.0 Å². The highest BCUT2D eigenvalue weighted by Gasteiger charge is 2.19. The number of halogens is 1. The lowest BCUT2D eigenvalue weighted by atomic mass is 10.1. The molecule has 192 valence electrons. The Labute approximate surface area is 223 Å². The summed E-state index contributed by atoms with van der Waals surface area (Å²) in [6, 6.07) is 12.4. The molecular formula is C27H25ClN8O2. The fraction of sp³-hybridized carbons (Fsp3) is 0.185. The lowest BCUT2D eigenvalue weighted by Gasteiger charge is -2.15. The molecule has 0 aliphatic carbocycles. The van der Waals surface area contributed by atoms with Gasteiger partial charge in [0.25, 0.3) is 0 Å². The van der Waals surface area contributed by atoms with Crippen molar-refractivity contribution in [2.45, 2.75) is 32.2 Å². The van der Waals surface area contributed by atoms with Crippen LogP contribution in [0, 0.1) is 0 Å². The second-order valence-electron chi connectivity index (χ2n) is 8.91. The molecule has 0 unspecified atom stereocenters. The first kappa shape index (κ1) is 25.1. The van der Waals surface area contributed by atoms with Gasteiger partial charge in [-0.3, -0.25) is 9.59 Å². The molecule has 0 spiro atoms. The minimum Gasteiger partial charge on any atom is -0.342 e. The first-order valence-corrected chi connectivity index (χ1v) is 12.5. The summed E-state index contributed by atoms with van der Waals surface area (Å²) in [5, 5.41) is 17.8. The number of tetrazole rings is 1. The average molecular weight is 529 g/mol. The normalized spacial score (nSPS) is 17.4. The number of carbonyl (C=O) groups excluding carboxylic acids is 2. The molecule has 10 nitrogen and oxygen atoms in total. The van der Waals surface area contributed by atoms with Gasteiger partial charge in [0.2, 0.25) is 11.8 Å². The second kappa shape index (κ2) is 11.2. The smallest absolute Gasteiger partial charge is 0.244 e. The summed E-state index contributed by atoms with van der Waals surface area (Å²) in [6.07, 6.45) is 9.81. The lowest BCUT2D eigenvalue weighted by Crippen LogP contribution is -2.27. The van der Waals surface area contributed by atoms with Crippen LogP contribution in [0.25, 0.3) is 23.0 Å². The molecule has 5 rings (SSSR count). The number of amides is 2. The summed E-state index contributed by atoms with van der Waals surface area (Å²) < 4.78 is 1.50. The molecule has 2 aromatic heterocycles. The third-order valence-corrected chi connectivity index (χ3v) is 6.42. The third kappa shape index (κ3) is 5.87. The number of para-hydroxylation sites is 1. The number of fused-ring (bicyclic) bond motifs is 4. The fourth-order valence-electron chi connectivity index (χ4n) is 4.19. The van der Waals surface area contributed by atoms with Gasteiger partial charge in [-0.25, -0.2) is 4.98 Å². The van der Waals surface area contributed by atoms with Gasteiger partial charge in [-0.05, 0) is 60.5 Å². The standard InChI is InChI=1S/C27H25ClN8O2/c1-17-6-10-22(27-29-15-23(33-27)20-4-2-3-5-21(20)31-25(37)12-7-17)32-26(38)13-8-18-14-19(28)9-11-24(18)36-16-30-34-35-36/h2-6,8-9,11,13-16,22H,7,10,12H2,1H3,(H,29,33)(H,31,37)(H,32,38)/b13-8+,17-6+/t22-/m0/s1. The number of aromatic amines is 1. The Balaban J connectivity index is 1.42. The van der Waals surface area contributed by atoms with Crippen molar-refractivity contribution in [3.8, 4) is 16.9 Å². The van der Waals surface area contributed by atoms with Crippen molar-refractivity contribution in [3.63, 3.8) is 0 Å². The minimum atomic E-state index is -0.411. The Morgan fingerprint density at radius 1 is 1.21 bits per heavy atom. The monoisotopic (exact) mass is 528 g/mol. The van der Waals surface area contributed by atoms with E-state index in [1.807, 2.05) is 37.3 Å². The topological polar surface area (TPSA) is 130 Å². The van der Waals surface area contributed by atoms with Crippen molar-refractivity contribution in [1.82, 2.24) is 35.5 Å². The summed E-state index contributed by atoms with van der Waals surface area (Å²) in [7, 11) is 0. The van der Waals surface area contributed by atoms with Gasteiger partial charge >= 0.3 is 0 Å². The maximum Gasteiger partial charge on any atom is 0.244 e. The quantitative estimate of drug-likeness (QED) is 0.261. The molecule has 1 aliphatic heterocycles. The lowest BCUT2D eigenvalue weighted by molar-refractivity contribution is -0.117. The molecule has 2 amide bonds. The molecular weight excluding hydrogens is 504 g/mol. The number of imidazole rings is 1. The van der Waals surface area contributed by atoms with Crippen molar-refractivity contribution in [2.75, 3.05) is 5.32 Å². The van der Waals surface area contributed by atoms with Crippen LogP contribution in [0.5, 0.6) is 0 Å². The molecule has 11 heteroatoms. The Morgan fingerprint density at radius 3 is 2.92 bits per heavy atom. The number of anilines is 1. The Kier molecular flexibility index (Phi) is 7.41. The molecule has 3 heterocycles. The van der Waals surface area contributed by atoms with Crippen LogP contribution in [-0.2, 0) is 9.59 Å². The molecule has 0 saturated carbocycles. The Bertz CT molecular complexity index is 1520. The highest BCUT2D eigenvalue weighted by atomic mass is 35.5. The number of hydrogen-bond acceptors (Lipinski definition) is 6. The highest BCUT2D eigenvalue weighted by Crippen LogP contribution is 2.29. The fourth-order valence-corrected chi connectivity index (χ4v) is 4.37. The van der Waals surface area contributed by atoms with Gasteiger partial charge in [0, 0.05) is 28.6 Å². The first-order valence-electron chi connectivity index (χ1n) is 12.1. The van der Waals surface area contributed by atoms with Crippen molar-refractivity contribution in [2.24, 2.45) is 0 Å². The van der Waals surface area contributed by atoms with E-state index in [1.54, 1.807) is 30.5 Å². The van der Waals surface area contributed by atoms with Crippen LogP contribution >= 0.6 is 11.6 Å². The zero-order valence-corrected chi connectivity index (χ0v) is 21.3. The summed E-state index contributed by atoms with van der Waals surface area (Å²) in [5.41, 5.74) is 4.69. The molecule has 1 atom stereocenters. The molecule has 1 aliphatic rings. The van der Waals surface area contributed by atoms with Crippen molar-refractivity contribution < 1.29 is 9.59 Å². The number of aromatic nitrogens is 6. The minimum absolute atomic E-state index is 0.0544. The summed E-state index contributed by atoms with van der Waals surface area (Å²) in [6.45, 7) is 1.98. The molecule has 0 fully saturated rings.